The summed E-state index contributed by atoms with van der Waals surface area (Å²) in [5, 5.41) is 3.64. The number of anilines is 1. The number of hydrogen-bond acceptors (Lipinski definition) is 2. The van der Waals surface area contributed by atoms with Crippen LogP contribution < -0.4 is 15.1 Å². The van der Waals surface area contributed by atoms with Crippen LogP contribution in [-0.2, 0) is 4.79 Å². The number of amides is 3. The minimum absolute atomic E-state index is 0.0282. The van der Waals surface area contributed by atoms with Gasteiger partial charge >= 0.3 is 6.03 Å². The van der Waals surface area contributed by atoms with E-state index in [1.54, 1.807) is 17.0 Å². The fourth-order valence-electron chi connectivity index (χ4n) is 3.03. The molecule has 124 valence electrons. The van der Waals surface area contributed by atoms with Crippen LogP contribution in [0.15, 0.2) is 24.3 Å². The van der Waals surface area contributed by atoms with Gasteiger partial charge < -0.3 is 20.0 Å². The van der Waals surface area contributed by atoms with Crippen molar-refractivity contribution < 1.29 is 14.5 Å². The molecule has 0 bridgehead atoms. The Kier molecular flexibility index (Phi) is 4.73. The maximum absolute atomic E-state index is 12.3. The van der Waals surface area contributed by atoms with Crippen LogP contribution in [0.25, 0.3) is 0 Å². The molecule has 0 saturated carbocycles. The molecule has 0 aliphatic carbocycles. The first-order valence-electron chi connectivity index (χ1n) is 7.95. The van der Waals surface area contributed by atoms with E-state index in [0.29, 0.717) is 18.0 Å². The molecule has 0 spiro atoms. The van der Waals surface area contributed by atoms with Gasteiger partial charge in [0.2, 0.25) is 5.91 Å². The summed E-state index contributed by atoms with van der Waals surface area (Å²) in [6.45, 7) is 3.96. The standard InChI is InChI=1S/C16H21ClN4O2/c1-19-6-8-20(9-7-19)16(23)18-13-10-15(22)21(11-13)14-4-2-12(17)3-5-14/h2-5,13H,6-11H2,1H3,(H,18,23)/p+1/t13-/m1/s1. The van der Waals surface area contributed by atoms with E-state index >= 15 is 0 Å². The molecule has 2 aliphatic heterocycles. The van der Waals surface area contributed by atoms with Crippen LogP contribution in [0.1, 0.15) is 6.42 Å². The van der Waals surface area contributed by atoms with E-state index in [9.17, 15) is 9.59 Å². The normalized spacial score (nSPS) is 22.5. The highest BCUT2D eigenvalue weighted by Gasteiger charge is 2.33. The highest BCUT2D eigenvalue weighted by molar-refractivity contribution is 6.30. The van der Waals surface area contributed by atoms with E-state index in [2.05, 4.69) is 12.4 Å². The van der Waals surface area contributed by atoms with Gasteiger partial charge in [0, 0.05) is 23.7 Å². The summed E-state index contributed by atoms with van der Waals surface area (Å²) in [4.78, 5) is 29.5. The van der Waals surface area contributed by atoms with Gasteiger partial charge in [0.15, 0.2) is 0 Å². The fraction of sp³-hybridized carbons (Fsp3) is 0.500. The summed E-state index contributed by atoms with van der Waals surface area (Å²) in [7, 11) is 2.13. The average molecular weight is 338 g/mol. The van der Waals surface area contributed by atoms with Gasteiger partial charge in [-0.15, -0.1) is 0 Å². The second-order valence-corrected chi connectivity index (χ2v) is 6.71. The van der Waals surface area contributed by atoms with E-state index in [0.717, 1.165) is 31.9 Å². The Labute approximate surface area is 141 Å². The summed E-state index contributed by atoms with van der Waals surface area (Å²) >= 11 is 5.88. The van der Waals surface area contributed by atoms with Crippen LogP contribution in [0.5, 0.6) is 0 Å². The van der Waals surface area contributed by atoms with E-state index in [1.807, 2.05) is 17.0 Å². The van der Waals surface area contributed by atoms with Gasteiger partial charge in [-0.25, -0.2) is 4.79 Å². The Balaban J connectivity index is 1.57. The van der Waals surface area contributed by atoms with E-state index in [4.69, 9.17) is 11.6 Å². The second kappa shape index (κ2) is 6.76. The molecule has 3 amide bonds. The first-order valence-corrected chi connectivity index (χ1v) is 8.33. The molecule has 0 aromatic heterocycles. The van der Waals surface area contributed by atoms with Crippen LogP contribution in [0.2, 0.25) is 5.02 Å². The molecule has 2 N–H and O–H groups in total. The highest BCUT2D eigenvalue weighted by Crippen LogP contribution is 2.23. The summed E-state index contributed by atoms with van der Waals surface area (Å²) in [5.41, 5.74) is 0.819. The average Bonchev–Trinajstić information content (AvgIpc) is 2.89. The summed E-state index contributed by atoms with van der Waals surface area (Å²) < 4.78 is 0. The molecule has 2 heterocycles. The largest absolute Gasteiger partial charge is 0.334 e. The Hall–Kier alpha value is -1.79. The number of hydrogen-bond donors (Lipinski definition) is 2. The number of nitrogens with one attached hydrogen (secondary N) is 2. The van der Waals surface area contributed by atoms with Crippen molar-refractivity contribution in [1.29, 1.82) is 0 Å². The molecule has 3 rings (SSSR count). The van der Waals surface area contributed by atoms with Crippen LogP contribution in [0.4, 0.5) is 10.5 Å². The maximum atomic E-state index is 12.3. The number of urea groups is 1. The van der Waals surface area contributed by atoms with Crippen molar-refractivity contribution in [1.82, 2.24) is 10.2 Å². The minimum Gasteiger partial charge on any atom is -0.334 e. The predicted octanol–water partition coefficient (Wildman–Crippen LogP) is -0.0148. The third-order valence-corrected chi connectivity index (χ3v) is 4.75. The maximum Gasteiger partial charge on any atom is 0.318 e. The predicted molar refractivity (Wildman–Crippen MR) is 88.9 cm³/mol. The number of rotatable bonds is 2. The number of likely N-dealkylation sites (N-methyl/N-ethyl adjacent to an activating group) is 1. The van der Waals surface area contributed by atoms with Crippen molar-refractivity contribution in [2.45, 2.75) is 12.5 Å². The zero-order chi connectivity index (χ0) is 16.4. The second-order valence-electron chi connectivity index (χ2n) is 6.28. The third-order valence-electron chi connectivity index (χ3n) is 4.50. The van der Waals surface area contributed by atoms with Gasteiger partial charge in [-0.3, -0.25) is 4.79 Å². The van der Waals surface area contributed by atoms with Crippen molar-refractivity contribution in [2.75, 3.05) is 44.7 Å². The lowest BCUT2D eigenvalue weighted by Gasteiger charge is -2.31. The Morgan fingerprint density at radius 1 is 1.26 bits per heavy atom. The molecule has 2 aliphatic rings. The zero-order valence-corrected chi connectivity index (χ0v) is 14.0. The van der Waals surface area contributed by atoms with Gasteiger partial charge in [-0.1, -0.05) is 11.6 Å². The van der Waals surface area contributed by atoms with Crippen LogP contribution >= 0.6 is 11.6 Å². The summed E-state index contributed by atoms with van der Waals surface area (Å²) in [6, 6.07) is 6.98. The lowest BCUT2D eigenvalue weighted by atomic mass is 10.2. The van der Waals surface area contributed by atoms with Gasteiger partial charge in [0.05, 0.1) is 39.3 Å². The number of carbonyl (C=O) groups is 2. The molecule has 1 aromatic carbocycles. The quantitative estimate of drug-likeness (QED) is 0.797. The molecular formula is C16H22ClN4O2+. The minimum atomic E-state index is -0.141. The number of quaternary nitrogens is 1. The number of nitrogens with zero attached hydrogens (tertiary/aromatic N) is 2. The molecule has 23 heavy (non-hydrogen) atoms. The Morgan fingerprint density at radius 2 is 1.91 bits per heavy atom. The smallest absolute Gasteiger partial charge is 0.318 e. The van der Waals surface area contributed by atoms with Gasteiger partial charge in [0.25, 0.3) is 0 Å². The lowest BCUT2D eigenvalue weighted by Crippen LogP contribution is -3.12. The molecule has 0 radical (unpaired) electrons. The van der Waals surface area contributed by atoms with E-state index < -0.39 is 0 Å². The van der Waals surface area contributed by atoms with Crippen LogP contribution in [-0.4, -0.2) is 62.7 Å². The molecule has 2 saturated heterocycles. The Bertz CT molecular complexity index is 584. The van der Waals surface area contributed by atoms with Crippen LogP contribution in [0.3, 0.4) is 0 Å². The molecular weight excluding hydrogens is 316 g/mol. The van der Waals surface area contributed by atoms with Crippen LogP contribution in [0, 0.1) is 0 Å². The molecule has 1 aromatic rings. The Morgan fingerprint density at radius 3 is 2.57 bits per heavy atom. The van der Waals surface area contributed by atoms with Gasteiger partial charge in [-0.2, -0.15) is 0 Å². The van der Waals surface area contributed by atoms with E-state index in [1.165, 1.54) is 4.90 Å². The van der Waals surface area contributed by atoms with Crippen molar-refractivity contribution in [3.8, 4) is 0 Å². The molecule has 1 atom stereocenters. The number of piperazine rings is 1. The number of benzene rings is 1. The third kappa shape index (κ3) is 3.76. The van der Waals surface area contributed by atoms with Crippen molar-refractivity contribution in [2.24, 2.45) is 0 Å². The van der Waals surface area contributed by atoms with Crippen molar-refractivity contribution in [3.05, 3.63) is 29.3 Å². The highest BCUT2D eigenvalue weighted by atomic mass is 35.5. The van der Waals surface area contributed by atoms with Crippen molar-refractivity contribution in [3.63, 3.8) is 0 Å². The first-order chi connectivity index (χ1) is 11.0. The summed E-state index contributed by atoms with van der Waals surface area (Å²) in [5.74, 6) is 0.0282. The monoisotopic (exact) mass is 337 g/mol. The van der Waals surface area contributed by atoms with Gasteiger partial charge in [-0.05, 0) is 24.3 Å². The molecule has 0 unspecified atom stereocenters. The number of halogens is 1. The van der Waals surface area contributed by atoms with E-state index in [-0.39, 0.29) is 18.0 Å². The molecule has 2 fully saturated rings. The molecule has 6 nitrogen and oxygen atoms in total. The summed E-state index contributed by atoms with van der Waals surface area (Å²) in [6.07, 6.45) is 0.341. The fourth-order valence-corrected chi connectivity index (χ4v) is 3.16. The number of carbonyl (C=O) groups excluding carboxylic acids is 2. The zero-order valence-electron chi connectivity index (χ0n) is 13.2. The SMILES string of the molecule is C[NH+]1CCN(C(=O)N[C@@H]2CC(=O)N(c3ccc(Cl)cc3)C2)CC1. The van der Waals surface area contributed by atoms with Crippen molar-refractivity contribution >= 4 is 29.2 Å². The first kappa shape index (κ1) is 16.1. The molecule has 7 heteroatoms. The topological polar surface area (TPSA) is 57.1 Å². The lowest BCUT2D eigenvalue weighted by molar-refractivity contribution is -0.883. The van der Waals surface area contributed by atoms with Gasteiger partial charge in [0.1, 0.15) is 0 Å².